The summed E-state index contributed by atoms with van der Waals surface area (Å²) in [5.74, 6) is -0.325. The van der Waals surface area contributed by atoms with Gasteiger partial charge in [-0.3, -0.25) is 0 Å². The zero-order valence-electron chi connectivity index (χ0n) is 14.4. The van der Waals surface area contributed by atoms with Crippen molar-refractivity contribution in [3.8, 4) is 11.1 Å². The first-order valence-corrected chi connectivity index (χ1v) is 8.72. The van der Waals surface area contributed by atoms with Crippen LogP contribution in [0.1, 0.15) is 30.4 Å². The summed E-state index contributed by atoms with van der Waals surface area (Å²) in [6.45, 7) is 1.78. The Morgan fingerprint density at radius 3 is 2.12 bits per heavy atom. The highest BCUT2D eigenvalue weighted by atomic mass is 19.1. The Morgan fingerprint density at radius 2 is 1.52 bits per heavy atom. The summed E-state index contributed by atoms with van der Waals surface area (Å²) < 4.78 is 14.6. The van der Waals surface area contributed by atoms with Gasteiger partial charge in [0.15, 0.2) is 0 Å². The maximum absolute atomic E-state index is 14.6. The normalized spacial score (nSPS) is 13.4. The maximum Gasteiger partial charge on any atom is 0.131 e. The van der Waals surface area contributed by atoms with Gasteiger partial charge in [0.2, 0.25) is 0 Å². The lowest BCUT2D eigenvalue weighted by Gasteiger charge is -2.21. The second-order valence-electron chi connectivity index (χ2n) is 6.48. The molecule has 0 aliphatic carbocycles. The van der Waals surface area contributed by atoms with E-state index >= 15 is 0 Å². The molecule has 0 aromatic heterocycles. The molecule has 0 unspecified atom stereocenters. The molecule has 0 heterocycles. The molecule has 0 saturated carbocycles. The summed E-state index contributed by atoms with van der Waals surface area (Å²) in [6.07, 6.45) is 1.12. The molecular weight excluding hydrogens is 311 g/mol. The van der Waals surface area contributed by atoms with Crippen LogP contribution in [0.5, 0.6) is 0 Å². The summed E-state index contributed by atoms with van der Waals surface area (Å²) in [7, 11) is 0. The standard InChI is InChI=1S/C23H23FO/c1-17(25)21(14-12-18-8-4-2-5-9-18)20-13-15-22(23(24)16-20)19-10-6-3-7-11-19/h2-11,13,15-17,21,25H,12,14H2,1H3/t17-,21-/m1/s1. The van der Waals surface area contributed by atoms with Crippen LogP contribution in [0.4, 0.5) is 4.39 Å². The minimum atomic E-state index is -0.523. The lowest BCUT2D eigenvalue weighted by atomic mass is 9.87. The predicted octanol–water partition coefficient (Wildman–Crippen LogP) is 5.59. The minimum absolute atomic E-state index is 0.0838. The van der Waals surface area contributed by atoms with Crippen molar-refractivity contribution in [1.82, 2.24) is 0 Å². The Hall–Kier alpha value is -2.45. The van der Waals surface area contributed by atoms with E-state index in [1.807, 2.05) is 60.7 Å². The number of hydrogen-bond donors (Lipinski definition) is 1. The smallest absolute Gasteiger partial charge is 0.131 e. The van der Waals surface area contributed by atoms with Crippen LogP contribution >= 0.6 is 0 Å². The van der Waals surface area contributed by atoms with E-state index in [1.165, 1.54) is 5.56 Å². The van der Waals surface area contributed by atoms with Crippen LogP contribution in [0.25, 0.3) is 11.1 Å². The van der Waals surface area contributed by atoms with Crippen LogP contribution in [-0.4, -0.2) is 11.2 Å². The van der Waals surface area contributed by atoms with Crippen molar-refractivity contribution in [2.24, 2.45) is 0 Å². The monoisotopic (exact) mass is 334 g/mol. The van der Waals surface area contributed by atoms with Crippen molar-refractivity contribution in [1.29, 1.82) is 0 Å². The zero-order chi connectivity index (χ0) is 17.6. The van der Waals surface area contributed by atoms with Crippen LogP contribution in [0.15, 0.2) is 78.9 Å². The number of aliphatic hydroxyl groups excluding tert-OH is 1. The zero-order valence-corrected chi connectivity index (χ0v) is 14.4. The van der Waals surface area contributed by atoms with Gasteiger partial charge < -0.3 is 5.11 Å². The largest absolute Gasteiger partial charge is 0.393 e. The first-order chi connectivity index (χ1) is 12.1. The molecule has 0 bridgehead atoms. The van der Waals surface area contributed by atoms with Crippen molar-refractivity contribution in [3.63, 3.8) is 0 Å². The van der Waals surface area contributed by atoms with Gasteiger partial charge in [-0.15, -0.1) is 0 Å². The van der Waals surface area contributed by atoms with Gasteiger partial charge >= 0.3 is 0 Å². The van der Waals surface area contributed by atoms with Crippen LogP contribution in [0, 0.1) is 5.82 Å². The number of halogens is 1. The number of aliphatic hydroxyl groups is 1. The number of hydrogen-bond acceptors (Lipinski definition) is 1. The Kier molecular flexibility index (Phi) is 5.62. The van der Waals surface area contributed by atoms with Crippen molar-refractivity contribution >= 4 is 0 Å². The summed E-state index contributed by atoms with van der Waals surface area (Å²) in [4.78, 5) is 0. The van der Waals surface area contributed by atoms with E-state index in [9.17, 15) is 9.50 Å². The molecule has 0 spiro atoms. The predicted molar refractivity (Wildman–Crippen MR) is 101 cm³/mol. The highest BCUT2D eigenvalue weighted by Gasteiger charge is 2.19. The molecule has 0 aliphatic heterocycles. The first kappa shape index (κ1) is 17.4. The van der Waals surface area contributed by atoms with Gasteiger partial charge in [-0.1, -0.05) is 72.8 Å². The second kappa shape index (κ2) is 8.09. The molecule has 0 saturated heterocycles. The molecule has 0 radical (unpaired) electrons. The fraction of sp³-hybridized carbons (Fsp3) is 0.217. The van der Waals surface area contributed by atoms with Gasteiger partial charge in [0.05, 0.1) is 6.10 Å². The molecule has 3 aromatic rings. The SMILES string of the molecule is C[C@@H](O)[C@@H](CCc1ccccc1)c1ccc(-c2ccccc2)c(F)c1. The maximum atomic E-state index is 14.6. The van der Waals surface area contributed by atoms with E-state index in [1.54, 1.807) is 13.0 Å². The van der Waals surface area contributed by atoms with E-state index in [4.69, 9.17) is 0 Å². The van der Waals surface area contributed by atoms with Crippen molar-refractivity contribution < 1.29 is 9.50 Å². The summed E-state index contributed by atoms with van der Waals surface area (Å²) >= 11 is 0. The van der Waals surface area contributed by atoms with Gasteiger partial charge in [0.1, 0.15) is 5.82 Å². The Morgan fingerprint density at radius 1 is 0.880 bits per heavy atom. The first-order valence-electron chi connectivity index (χ1n) is 8.72. The van der Waals surface area contributed by atoms with Crippen molar-refractivity contribution in [2.75, 3.05) is 0 Å². The molecule has 2 heteroatoms. The van der Waals surface area contributed by atoms with Crippen LogP contribution in [0.2, 0.25) is 0 Å². The molecule has 3 rings (SSSR count). The molecule has 1 N–H and O–H groups in total. The fourth-order valence-corrected chi connectivity index (χ4v) is 3.27. The molecule has 2 atom stereocenters. The molecule has 25 heavy (non-hydrogen) atoms. The van der Waals surface area contributed by atoms with E-state index in [-0.39, 0.29) is 11.7 Å². The molecule has 0 amide bonds. The third-order valence-corrected chi connectivity index (χ3v) is 4.68. The molecule has 3 aromatic carbocycles. The Balaban J connectivity index is 1.81. The number of rotatable bonds is 6. The average Bonchev–Trinajstić information content (AvgIpc) is 2.63. The Bertz CT molecular complexity index is 797. The summed E-state index contributed by atoms with van der Waals surface area (Å²) in [6, 6.07) is 25.0. The third-order valence-electron chi connectivity index (χ3n) is 4.68. The fourth-order valence-electron chi connectivity index (χ4n) is 3.27. The topological polar surface area (TPSA) is 20.2 Å². The highest BCUT2D eigenvalue weighted by Crippen LogP contribution is 2.30. The van der Waals surface area contributed by atoms with E-state index < -0.39 is 6.10 Å². The summed E-state index contributed by atoms with van der Waals surface area (Å²) in [5, 5.41) is 10.2. The molecule has 0 fully saturated rings. The Labute approximate surface area is 148 Å². The van der Waals surface area contributed by atoms with Crippen molar-refractivity contribution in [3.05, 3.63) is 95.8 Å². The number of benzene rings is 3. The molecular formula is C23H23FO. The van der Waals surface area contributed by atoms with E-state index in [0.717, 1.165) is 24.0 Å². The van der Waals surface area contributed by atoms with Gasteiger partial charge in [-0.2, -0.15) is 0 Å². The lowest BCUT2D eigenvalue weighted by molar-refractivity contribution is 0.157. The quantitative estimate of drug-likeness (QED) is 0.623. The van der Waals surface area contributed by atoms with Gasteiger partial charge in [-0.05, 0) is 42.5 Å². The third kappa shape index (κ3) is 4.34. The van der Waals surface area contributed by atoms with E-state index in [2.05, 4.69) is 12.1 Å². The lowest BCUT2D eigenvalue weighted by Crippen LogP contribution is -2.16. The van der Waals surface area contributed by atoms with Crippen LogP contribution in [0.3, 0.4) is 0 Å². The molecule has 0 aliphatic rings. The number of aryl methyl sites for hydroxylation is 1. The summed E-state index contributed by atoms with van der Waals surface area (Å²) in [5.41, 5.74) is 3.54. The van der Waals surface area contributed by atoms with Crippen LogP contribution < -0.4 is 0 Å². The molecule has 1 nitrogen and oxygen atoms in total. The van der Waals surface area contributed by atoms with Gasteiger partial charge in [-0.25, -0.2) is 4.39 Å². The average molecular weight is 334 g/mol. The minimum Gasteiger partial charge on any atom is -0.393 e. The van der Waals surface area contributed by atoms with Crippen molar-refractivity contribution in [2.45, 2.75) is 31.8 Å². The van der Waals surface area contributed by atoms with Crippen LogP contribution in [-0.2, 0) is 6.42 Å². The molecule has 128 valence electrons. The highest BCUT2D eigenvalue weighted by molar-refractivity contribution is 5.64. The van der Waals surface area contributed by atoms with Gasteiger partial charge in [0.25, 0.3) is 0 Å². The van der Waals surface area contributed by atoms with E-state index in [0.29, 0.717) is 5.56 Å². The second-order valence-corrected chi connectivity index (χ2v) is 6.48. The van der Waals surface area contributed by atoms with Gasteiger partial charge in [0, 0.05) is 11.5 Å².